The van der Waals surface area contributed by atoms with Crippen molar-refractivity contribution in [3.05, 3.63) is 11.6 Å². The van der Waals surface area contributed by atoms with Gasteiger partial charge in [0.2, 0.25) is 0 Å². The van der Waals surface area contributed by atoms with Gasteiger partial charge >= 0.3 is 0 Å². The molecule has 1 aliphatic rings. The van der Waals surface area contributed by atoms with Crippen LogP contribution in [0.2, 0.25) is 0 Å². The van der Waals surface area contributed by atoms with Crippen molar-refractivity contribution >= 4 is 5.97 Å². The fraction of sp³-hybridized carbons (Fsp3) is 0.727. The largest absolute Gasteiger partial charge is 0.550 e. The summed E-state index contributed by atoms with van der Waals surface area (Å²) in [6.07, 6.45) is 3.00. The van der Waals surface area contributed by atoms with E-state index in [9.17, 15) is 9.90 Å². The minimum atomic E-state index is -0.912. The maximum Gasteiger partial charge on any atom is 0.0456 e. The number of carbonyl (C=O) groups is 1. The fourth-order valence-corrected chi connectivity index (χ4v) is 2.25. The van der Waals surface area contributed by atoms with Crippen molar-refractivity contribution in [2.45, 2.75) is 34.1 Å². The third kappa shape index (κ3) is 1.62. The smallest absolute Gasteiger partial charge is 0.0456 e. The van der Waals surface area contributed by atoms with Crippen molar-refractivity contribution < 1.29 is 9.90 Å². The molecule has 0 N–H and O–H groups in total. The van der Waals surface area contributed by atoms with Gasteiger partial charge in [0.1, 0.15) is 0 Å². The molecule has 0 spiro atoms. The number of carbonyl (C=O) groups excluding carboxylic acids is 1. The molecule has 0 amide bonds. The molecule has 2 heteroatoms. The second-order valence-corrected chi connectivity index (χ2v) is 4.62. The van der Waals surface area contributed by atoms with Gasteiger partial charge in [-0.3, -0.25) is 0 Å². The first-order valence-corrected chi connectivity index (χ1v) is 4.75. The summed E-state index contributed by atoms with van der Waals surface area (Å²) in [5, 5.41) is 11.0. The Kier molecular flexibility index (Phi) is 2.51. The molecule has 0 saturated heterocycles. The molecule has 0 aromatic rings. The summed E-state index contributed by atoms with van der Waals surface area (Å²) < 4.78 is 0. The lowest BCUT2D eigenvalue weighted by molar-refractivity contribution is -0.316. The van der Waals surface area contributed by atoms with Crippen LogP contribution in [0, 0.1) is 17.3 Å². The molecule has 0 bridgehead atoms. The molecule has 2 atom stereocenters. The molecular weight excluding hydrogens is 164 g/mol. The van der Waals surface area contributed by atoms with Crippen LogP contribution in [0.4, 0.5) is 0 Å². The molecule has 0 saturated carbocycles. The highest BCUT2D eigenvalue weighted by atomic mass is 16.4. The first kappa shape index (κ1) is 10.3. The van der Waals surface area contributed by atoms with E-state index in [0.717, 1.165) is 6.42 Å². The van der Waals surface area contributed by atoms with E-state index in [0.29, 0.717) is 0 Å². The van der Waals surface area contributed by atoms with Crippen molar-refractivity contribution in [1.82, 2.24) is 0 Å². The Labute approximate surface area is 79.6 Å². The topological polar surface area (TPSA) is 40.1 Å². The molecule has 1 rings (SSSR count). The Bertz CT molecular complexity index is 251. The van der Waals surface area contributed by atoms with Gasteiger partial charge in [-0.2, -0.15) is 0 Å². The Morgan fingerprint density at radius 2 is 2.15 bits per heavy atom. The highest BCUT2D eigenvalue weighted by molar-refractivity contribution is 5.70. The van der Waals surface area contributed by atoms with Crippen LogP contribution in [0.3, 0.4) is 0 Å². The average molecular weight is 181 g/mol. The average Bonchev–Trinajstić information content (AvgIpc) is 1.96. The van der Waals surface area contributed by atoms with Crippen molar-refractivity contribution in [2.24, 2.45) is 17.3 Å². The number of hydrogen-bond acceptors (Lipinski definition) is 2. The van der Waals surface area contributed by atoms with E-state index in [1.54, 1.807) is 0 Å². The van der Waals surface area contributed by atoms with Gasteiger partial charge in [-0.1, -0.05) is 32.4 Å². The lowest BCUT2D eigenvalue weighted by Gasteiger charge is -2.43. The number of aliphatic carboxylic acids is 1. The Hall–Kier alpha value is -0.790. The van der Waals surface area contributed by atoms with Crippen LogP contribution in [0.1, 0.15) is 34.1 Å². The zero-order valence-corrected chi connectivity index (χ0v) is 8.76. The Morgan fingerprint density at radius 1 is 1.62 bits per heavy atom. The molecule has 2 nitrogen and oxygen atoms in total. The molecule has 0 heterocycles. The van der Waals surface area contributed by atoms with Crippen LogP contribution in [-0.4, -0.2) is 5.97 Å². The van der Waals surface area contributed by atoms with Crippen molar-refractivity contribution in [2.75, 3.05) is 0 Å². The van der Waals surface area contributed by atoms with E-state index in [1.165, 1.54) is 5.57 Å². The highest BCUT2D eigenvalue weighted by Crippen LogP contribution is 2.43. The zero-order chi connectivity index (χ0) is 10.2. The molecule has 13 heavy (non-hydrogen) atoms. The molecule has 1 aliphatic carbocycles. The molecule has 0 aliphatic heterocycles. The molecule has 2 unspecified atom stereocenters. The first-order valence-electron chi connectivity index (χ1n) is 4.75. The summed E-state index contributed by atoms with van der Waals surface area (Å²) in [5.41, 5.74) is 0.913. The van der Waals surface area contributed by atoms with Crippen LogP contribution < -0.4 is 5.11 Å². The Morgan fingerprint density at radius 3 is 2.54 bits per heavy atom. The summed E-state index contributed by atoms with van der Waals surface area (Å²) in [6, 6.07) is 0. The quantitative estimate of drug-likeness (QED) is 0.573. The number of hydrogen-bond donors (Lipinski definition) is 0. The predicted molar refractivity (Wildman–Crippen MR) is 49.8 cm³/mol. The summed E-state index contributed by atoms with van der Waals surface area (Å²) in [6.45, 7) is 7.94. The maximum absolute atomic E-state index is 11.0. The third-order valence-corrected chi connectivity index (χ3v) is 3.41. The monoisotopic (exact) mass is 181 g/mol. The number of rotatable bonds is 1. The third-order valence-electron chi connectivity index (χ3n) is 3.41. The highest BCUT2D eigenvalue weighted by Gasteiger charge is 2.38. The molecule has 0 aromatic carbocycles. The summed E-state index contributed by atoms with van der Waals surface area (Å²) in [7, 11) is 0. The summed E-state index contributed by atoms with van der Waals surface area (Å²) >= 11 is 0. The standard InChI is InChI=1S/C11H18O2/c1-7-5-6-8(2)11(3,4)9(7)10(12)13/h6-7,9H,5H2,1-4H3,(H,12,13)/p-1. The number of allylic oxidation sites excluding steroid dienone is 2. The van der Waals surface area contributed by atoms with E-state index >= 15 is 0 Å². The van der Waals surface area contributed by atoms with Gasteiger partial charge < -0.3 is 9.90 Å². The molecule has 0 aromatic heterocycles. The van der Waals surface area contributed by atoms with E-state index in [4.69, 9.17) is 0 Å². The van der Waals surface area contributed by atoms with E-state index in [-0.39, 0.29) is 17.3 Å². The van der Waals surface area contributed by atoms with Gasteiger partial charge in [0.25, 0.3) is 0 Å². The normalized spacial score (nSPS) is 32.5. The summed E-state index contributed by atoms with van der Waals surface area (Å²) in [5.74, 6) is -1.08. The summed E-state index contributed by atoms with van der Waals surface area (Å²) in [4.78, 5) is 11.0. The van der Waals surface area contributed by atoms with Crippen LogP contribution in [0.5, 0.6) is 0 Å². The van der Waals surface area contributed by atoms with Gasteiger partial charge in [0.05, 0.1) is 0 Å². The SMILES string of the molecule is CC1=CCC(C)C(C(=O)[O-])C1(C)C. The van der Waals surface area contributed by atoms with Crippen molar-refractivity contribution in [1.29, 1.82) is 0 Å². The molecule has 74 valence electrons. The maximum atomic E-state index is 11.0. The number of carboxylic acids is 1. The Balaban J connectivity index is 3.05. The van der Waals surface area contributed by atoms with E-state index in [1.807, 2.05) is 27.7 Å². The number of carboxylic acid groups (broad SMARTS) is 1. The van der Waals surface area contributed by atoms with Gasteiger partial charge in [-0.25, -0.2) is 0 Å². The van der Waals surface area contributed by atoms with Crippen LogP contribution in [0.25, 0.3) is 0 Å². The van der Waals surface area contributed by atoms with E-state index < -0.39 is 5.97 Å². The second kappa shape index (κ2) is 3.17. The zero-order valence-electron chi connectivity index (χ0n) is 8.76. The van der Waals surface area contributed by atoms with Crippen LogP contribution in [0.15, 0.2) is 11.6 Å². The van der Waals surface area contributed by atoms with Gasteiger partial charge in [-0.15, -0.1) is 0 Å². The van der Waals surface area contributed by atoms with E-state index in [2.05, 4.69) is 6.08 Å². The van der Waals surface area contributed by atoms with Crippen molar-refractivity contribution in [3.8, 4) is 0 Å². The van der Waals surface area contributed by atoms with Crippen LogP contribution in [-0.2, 0) is 4.79 Å². The predicted octanol–water partition coefficient (Wildman–Crippen LogP) is 1.36. The van der Waals surface area contributed by atoms with Crippen LogP contribution >= 0.6 is 0 Å². The molecule has 0 radical (unpaired) electrons. The lowest BCUT2D eigenvalue weighted by atomic mass is 9.64. The second-order valence-electron chi connectivity index (χ2n) is 4.62. The minimum absolute atomic E-state index is 0.184. The first-order chi connectivity index (χ1) is 5.87. The van der Waals surface area contributed by atoms with Crippen molar-refractivity contribution in [3.63, 3.8) is 0 Å². The van der Waals surface area contributed by atoms with Gasteiger partial charge in [-0.05, 0) is 24.7 Å². The molecule has 0 fully saturated rings. The lowest BCUT2D eigenvalue weighted by Crippen LogP contribution is -2.46. The van der Waals surface area contributed by atoms with Gasteiger partial charge in [0, 0.05) is 11.9 Å². The minimum Gasteiger partial charge on any atom is -0.550 e. The fourth-order valence-electron chi connectivity index (χ4n) is 2.25. The molecular formula is C11H17O2-. The van der Waals surface area contributed by atoms with Gasteiger partial charge in [0.15, 0.2) is 0 Å².